The molecule has 1 aromatic rings. The lowest BCUT2D eigenvalue weighted by molar-refractivity contribution is -0.110. The predicted octanol–water partition coefficient (Wildman–Crippen LogP) is 4.30. The fourth-order valence-electron chi connectivity index (χ4n) is 1.11. The maximum Gasteiger partial charge on any atom is 0.152 e. The third kappa shape index (κ3) is 7.59. The minimum absolute atomic E-state index is 0.137. The normalized spacial score (nSPS) is 8.19. The van der Waals surface area contributed by atoms with Crippen LogP contribution in [0.4, 0.5) is 0 Å². The summed E-state index contributed by atoms with van der Waals surface area (Å²) >= 11 is 0. The number of benzene rings is 1. The van der Waals surface area contributed by atoms with Gasteiger partial charge in [0.25, 0.3) is 0 Å². The highest BCUT2D eigenvalue weighted by Gasteiger charge is 1.98. The molecule has 1 unspecified atom stereocenters. The standard InChI is InChI=1S/C10H13OP.2C2H6/c1-7-3-4-9(5-8(7)2)6-10(11)12;2*1-2/h3-5H,6,12H2,1-2H3;2*1-2H3. The Morgan fingerprint density at radius 3 is 1.94 bits per heavy atom. The highest BCUT2D eigenvalue weighted by molar-refractivity contribution is 7.40. The molecule has 1 aromatic carbocycles. The van der Waals surface area contributed by atoms with Crippen molar-refractivity contribution in [3.05, 3.63) is 34.9 Å². The van der Waals surface area contributed by atoms with E-state index in [1.807, 2.05) is 33.8 Å². The molecule has 1 nitrogen and oxygen atoms in total. The zero-order valence-corrected chi connectivity index (χ0v) is 12.6. The summed E-state index contributed by atoms with van der Waals surface area (Å²) in [6.45, 7) is 12.1. The van der Waals surface area contributed by atoms with Gasteiger partial charge in [0.2, 0.25) is 0 Å². The average molecular weight is 240 g/mol. The Bertz CT molecular complexity index is 306. The van der Waals surface area contributed by atoms with E-state index >= 15 is 0 Å². The van der Waals surface area contributed by atoms with Crippen molar-refractivity contribution in [2.45, 2.75) is 48.0 Å². The Hall–Kier alpha value is -0.680. The largest absolute Gasteiger partial charge is 0.295 e. The van der Waals surface area contributed by atoms with Crippen molar-refractivity contribution >= 4 is 14.8 Å². The molecule has 0 saturated heterocycles. The first-order chi connectivity index (χ1) is 7.59. The van der Waals surface area contributed by atoms with Crippen molar-refractivity contribution in [3.63, 3.8) is 0 Å². The van der Waals surface area contributed by atoms with Gasteiger partial charge in [-0.05, 0) is 30.5 Å². The van der Waals surface area contributed by atoms with Gasteiger partial charge in [0.05, 0.1) is 0 Å². The molecule has 1 rings (SSSR count). The quantitative estimate of drug-likeness (QED) is 0.704. The van der Waals surface area contributed by atoms with E-state index in [-0.39, 0.29) is 5.52 Å². The second-order valence-electron chi connectivity index (χ2n) is 3.06. The van der Waals surface area contributed by atoms with Crippen molar-refractivity contribution in [2.24, 2.45) is 0 Å². The maximum atomic E-state index is 10.8. The molecule has 0 amide bonds. The summed E-state index contributed by atoms with van der Waals surface area (Å²) in [7, 11) is 2.20. The highest BCUT2D eigenvalue weighted by atomic mass is 31.0. The van der Waals surface area contributed by atoms with Gasteiger partial charge in [0, 0.05) is 6.42 Å². The van der Waals surface area contributed by atoms with Crippen LogP contribution in [0.25, 0.3) is 0 Å². The molecule has 0 aliphatic heterocycles. The van der Waals surface area contributed by atoms with Gasteiger partial charge in [0.15, 0.2) is 5.52 Å². The SMILES string of the molecule is CC.CC.Cc1ccc(CC(=O)P)cc1C. The van der Waals surface area contributed by atoms with Gasteiger partial charge in [-0.1, -0.05) is 55.1 Å². The van der Waals surface area contributed by atoms with Gasteiger partial charge in [0.1, 0.15) is 0 Å². The van der Waals surface area contributed by atoms with Crippen LogP contribution in [0.15, 0.2) is 18.2 Å². The van der Waals surface area contributed by atoms with E-state index in [1.54, 1.807) is 0 Å². The minimum Gasteiger partial charge on any atom is -0.295 e. The summed E-state index contributed by atoms with van der Waals surface area (Å²) in [5, 5.41) is 0. The van der Waals surface area contributed by atoms with Crippen LogP contribution in [0.2, 0.25) is 0 Å². The summed E-state index contributed by atoms with van der Waals surface area (Å²) < 4.78 is 0. The van der Waals surface area contributed by atoms with Gasteiger partial charge < -0.3 is 0 Å². The third-order valence-electron chi connectivity index (χ3n) is 1.95. The molecule has 0 aromatic heterocycles. The van der Waals surface area contributed by atoms with Crippen molar-refractivity contribution in [1.82, 2.24) is 0 Å². The second kappa shape index (κ2) is 10.8. The topological polar surface area (TPSA) is 17.1 Å². The van der Waals surface area contributed by atoms with Crippen LogP contribution in [0, 0.1) is 13.8 Å². The first-order valence-electron chi connectivity index (χ1n) is 5.94. The van der Waals surface area contributed by atoms with Crippen LogP contribution in [0.1, 0.15) is 44.4 Å². The predicted molar refractivity (Wildman–Crippen MR) is 77.0 cm³/mol. The van der Waals surface area contributed by atoms with Crippen molar-refractivity contribution in [2.75, 3.05) is 0 Å². The van der Waals surface area contributed by atoms with Crippen molar-refractivity contribution < 1.29 is 4.79 Å². The van der Waals surface area contributed by atoms with Crippen LogP contribution >= 0.6 is 9.24 Å². The molecule has 0 heterocycles. The van der Waals surface area contributed by atoms with Gasteiger partial charge >= 0.3 is 0 Å². The molecule has 0 aliphatic carbocycles. The molecule has 0 saturated carbocycles. The number of aryl methyl sites for hydroxylation is 2. The van der Waals surface area contributed by atoms with Crippen molar-refractivity contribution in [1.29, 1.82) is 0 Å². The molecular weight excluding hydrogens is 215 g/mol. The molecule has 0 radical (unpaired) electrons. The molecule has 0 fully saturated rings. The lowest BCUT2D eigenvalue weighted by Crippen LogP contribution is -1.93. The fraction of sp³-hybridized carbons (Fsp3) is 0.500. The minimum atomic E-state index is 0.137. The highest BCUT2D eigenvalue weighted by Crippen LogP contribution is 2.11. The maximum absolute atomic E-state index is 10.8. The zero-order chi connectivity index (χ0) is 13.1. The zero-order valence-electron chi connectivity index (χ0n) is 11.4. The Labute approximate surface area is 103 Å². The Kier molecular flexibility index (Phi) is 12.0. The van der Waals surface area contributed by atoms with E-state index in [0.717, 1.165) is 5.56 Å². The monoisotopic (exact) mass is 240 g/mol. The summed E-state index contributed by atoms with van der Waals surface area (Å²) in [5.74, 6) is 0. The van der Waals surface area contributed by atoms with Crippen LogP contribution < -0.4 is 0 Å². The van der Waals surface area contributed by atoms with E-state index in [1.165, 1.54) is 11.1 Å². The van der Waals surface area contributed by atoms with Crippen LogP contribution in [0.3, 0.4) is 0 Å². The third-order valence-corrected chi connectivity index (χ3v) is 2.15. The van der Waals surface area contributed by atoms with E-state index in [9.17, 15) is 4.79 Å². The van der Waals surface area contributed by atoms with E-state index in [2.05, 4.69) is 35.2 Å². The smallest absolute Gasteiger partial charge is 0.152 e. The molecule has 92 valence electrons. The molecule has 2 heteroatoms. The van der Waals surface area contributed by atoms with Crippen LogP contribution in [-0.2, 0) is 11.2 Å². The summed E-state index contributed by atoms with van der Waals surface area (Å²) in [4.78, 5) is 10.8. The number of hydrogen-bond donors (Lipinski definition) is 0. The number of carbonyl (C=O) groups is 1. The Morgan fingerprint density at radius 1 is 1.06 bits per heavy atom. The van der Waals surface area contributed by atoms with E-state index < -0.39 is 0 Å². The van der Waals surface area contributed by atoms with Gasteiger partial charge in [-0.2, -0.15) is 0 Å². The number of hydrogen-bond acceptors (Lipinski definition) is 1. The molecule has 1 atom stereocenters. The summed E-state index contributed by atoms with van der Waals surface area (Å²) in [6.07, 6.45) is 0.520. The fourth-order valence-corrected chi connectivity index (χ4v) is 1.35. The molecule has 0 bridgehead atoms. The average Bonchev–Trinajstić information content (AvgIpc) is 2.28. The van der Waals surface area contributed by atoms with E-state index in [4.69, 9.17) is 0 Å². The van der Waals surface area contributed by atoms with Gasteiger partial charge in [-0.3, -0.25) is 4.79 Å². The lowest BCUT2D eigenvalue weighted by Gasteiger charge is -2.02. The molecule has 0 spiro atoms. The molecule has 16 heavy (non-hydrogen) atoms. The van der Waals surface area contributed by atoms with Crippen LogP contribution in [-0.4, -0.2) is 5.52 Å². The lowest BCUT2D eigenvalue weighted by atomic mass is 10.1. The second-order valence-corrected chi connectivity index (χ2v) is 3.71. The Balaban J connectivity index is 0. The van der Waals surface area contributed by atoms with Gasteiger partial charge in [-0.15, -0.1) is 0 Å². The van der Waals surface area contributed by atoms with E-state index in [0.29, 0.717) is 6.42 Å². The van der Waals surface area contributed by atoms with Gasteiger partial charge in [-0.25, -0.2) is 0 Å². The number of carbonyl (C=O) groups excluding carboxylic acids is 1. The number of rotatable bonds is 2. The summed E-state index contributed by atoms with van der Waals surface area (Å²) in [6, 6.07) is 6.12. The molecule has 0 aliphatic rings. The first-order valence-corrected chi connectivity index (χ1v) is 6.52. The Morgan fingerprint density at radius 2 is 1.56 bits per heavy atom. The van der Waals surface area contributed by atoms with Crippen molar-refractivity contribution in [3.8, 4) is 0 Å². The first kappa shape index (κ1) is 17.7. The van der Waals surface area contributed by atoms with Crippen LogP contribution in [0.5, 0.6) is 0 Å². The molecule has 0 N–H and O–H groups in total. The molecular formula is C14H25OP. The summed E-state index contributed by atoms with van der Waals surface area (Å²) in [5.41, 5.74) is 3.75.